The van der Waals surface area contributed by atoms with E-state index in [1.165, 1.54) is 38.5 Å². The molecule has 0 fully saturated rings. The molecular weight excluding hydrogens is 335 g/mol. The van der Waals surface area contributed by atoms with Crippen molar-refractivity contribution in [3.05, 3.63) is 5.92 Å². The molecule has 0 saturated heterocycles. The fraction of sp³-hybridized carbons (Fsp3) is 0.786. The number of carbonyl (C=O) groups is 2. The molecule has 0 bridgehead atoms. The number of carboxylic acid groups (broad SMARTS) is 2. The molecule has 0 aliphatic heterocycles. The van der Waals surface area contributed by atoms with Crippen LogP contribution in [0, 0.1) is 5.92 Å². The van der Waals surface area contributed by atoms with Gasteiger partial charge in [-0.2, -0.15) is 27.7 Å². The molecule has 0 spiro atoms. The normalized spacial score (nSPS) is 11.9. The zero-order valence-electron chi connectivity index (χ0n) is 14.3. The number of aliphatic carboxylic acids is 2. The first-order valence-electron chi connectivity index (χ1n) is 7.30. The largest absolute Gasteiger partial charge is 1.00 e. The smallest absolute Gasteiger partial charge is 0.550 e. The van der Waals surface area contributed by atoms with E-state index in [4.69, 9.17) is 4.55 Å². The summed E-state index contributed by atoms with van der Waals surface area (Å²) in [7, 11) is -4.94. The summed E-state index contributed by atoms with van der Waals surface area (Å²) in [6, 6.07) is 0. The predicted molar refractivity (Wildman–Crippen MR) is 77.9 cm³/mol. The van der Waals surface area contributed by atoms with Crippen LogP contribution in [0.2, 0.25) is 0 Å². The molecule has 0 radical (unpaired) electrons. The molecule has 7 nitrogen and oxygen atoms in total. The molecule has 132 valence electrons. The minimum atomic E-state index is -4.94. The number of hydrogen-bond donors (Lipinski definition) is 1. The van der Waals surface area contributed by atoms with Crippen LogP contribution in [0.15, 0.2) is 0 Å². The van der Waals surface area contributed by atoms with Gasteiger partial charge >= 0.3 is 29.6 Å². The second-order valence-electron chi connectivity index (χ2n) is 4.81. The van der Waals surface area contributed by atoms with Crippen LogP contribution in [0.5, 0.6) is 0 Å². The van der Waals surface area contributed by atoms with E-state index in [2.05, 4.69) is 20.8 Å². The van der Waals surface area contributed by atoms with Gasteiger partial charge in [-0.05, 0) is 0 Å². The molecule has 0 heterocycles. The summed E-state index contributed by atoms with van der Waals surface area (Å²) in [5.74, 6) is -2.34. The molecule has 0 saturated carbocycles. The van der Waals surface area contributed by atoms with Gasteiger partial charge < -0.3 is 25.7 Å². The van der Waals surface area contributed by atoms with Crippen molar-refractivity contribution in [2.45, 2.75) is 71.0 Å². The monoisotopic (exact) mass is 360 g/mol. The Bertz CT molecular complexity index is 419. The number of carbonyl (C=O) groups excluding carboxylic acids is 2. The van der Waals surface area contributed by atoms with Crippen LogP contribution in [-0.4, -0.2) is 30.2 Å². The maximum Gasteiger partial charge on any atom is 1.00 e. The third-order valence-corrected chi connectivity index (χ3v) is 4.19. The maximum absolute atomic E-state index is 10.2. The fourth-order valence-electron chi connectivity index (χ4n) is 1.69. The van der Waals surface area contributed by atoms with Crippen molar-refractivity contribution in [1.29, 1.82) is 0 Å². The van der Waals surface area contributed by atoms with Gasteiger partial charge in [0, 0.05) is 12.4 Å². The van der Waals surface area contributed by atoms with Crippen molar-refractivity contribution in [3.8, 4) is 0 Å². The quantitative estimate of drug-likeness (QED) is 0.191. The van der Waals surface area contributed by atoms with E-state index < -0.39 is 33.7 Å². The zero-order valence-corrected chi connectivity index (χ0v) is 17.1. The molecule has 0 rings (SSSR count). The van der Waals surface area contributed by atoms with Gasteiger partial charge in [-0.25, -0.2) is 0 Å². The Kier molecular flexibility index (Phi) is 18.5. The van der Waals surface area contributed by atoms with Crippen LogP contribution in [-0.2, 0) is 19.7 Å². The molecule has 9 heteroatoms. The van der Waals surface area contributed by atoms with E-state index in [9.17, 15) is 28.2 Å². The Morgan fingerprint density at radius 2 is 1.57 bits per heavy atom. The molecule has 0 aromatic heterocycles. The second-order valence-corrected chi connectivity index (χ2v) is 6.41. The van der Waals surface area contributed by atoms with Crippen LogP contribution in [0.1, 0.15) is 65.7 Å². The Balaban J connectivity index is -0.000000338. The summed E-state index contributed by atoms with van der Waals surface area (Å²) >= 11 is 0. The van der Waals surface area contributed by atoms with Crippen LogP contribution in [0.4, 0.5) is 0 Å². The maximum atomic E-state index is 10.2. The third-order valence-electron chi connectivity index (χ3n) is 3.11. The summed E-state index contributed by atoms with van der Waals surface area (Å²) in [6.07, 6.45) is 6.79. The molecule has 1 atom stereocenters. The average molecular weight is 360 g/mol. The summed E-state index contributed by atoms with van der Waals surface area (Å²) < 4.78 is 28.5. The molecular formula is C14H25NaO7S-2. The van der Waals surface area contributed by atoms with E-state index in [-0.39, 0.29) is 29.6 Å². The Morgan fingerprint density at radius 3 is 1.78 bits per heavy atom. The van der Waals surface area contributed by atoms with Crippen LogP contribution < -0.4 is 39.8 Å². The number of hydrogen-bond acceptors (Lipinski definition) is 6. The van der Waals surface area contributed by atoms with Crippen LogP contribution in [0.25, 0.3) is 0 Å². The van der Waals surface area contributed by atoms with Gasteiger partial charge in [0.2, 0.25) is 0 Å². The van der Waals surface area contributed by atoms with Gasteiger partial charge in [-0.15, -0.1) is 0 Å². The van der Waals surface area contributed by atoms with E-state index in [0.717, 1.165) is 0 Å². The standard InChI is InChI=1S/C10H21.C4H6O7S.Na/c1-4-7-8-9-10(5-2)6-3;5-3(6)1-2(4(7)8)12(9,10)11;/h4-9H2,1-3H3;2H,1H2,(H,5,6)(H,7,8)(H,9,10,11);/q-1;;+1/p-2. The summed E-state index contributed by atoms with van der Waals surface area (Å²) in [5.41, 5.74) is 0. The van der Waals surface area contributed by atoms with Crippen LogP contribution >= 0.6 is 0 Å². The van der Waals surface area contributed by atoms with Crippen molar-refractivity contribution in [2.75, 3.05) is 0 Å². The van der Waals surface area contributed by atoms with E-state index >= 15 is 0 Å². The van der Waals surface area contributed by atoms with Crippen molar-refractivity contribution in [3.63, 3.8) is 0 Å². The van der Waals surface area contributed by atoms with Gasteiger partial charge in [0.15, 0.2) is 0 Å². The van der Waals surface area contributed by atoms with Crippen molar-refractivity contribution in [1.82, 2.24) is 0 Å². The molecule has 1 N–H and O–H groups in total. The van der Waals surface area contributed by atoms with Crippen molar-refractivity contribution >= 4 is 22.1 Å². The molecule has 0 aliphatic rings. The topological polar surface area (TPSA) is 135 Å². The average Bonchev–Trinajstić information content (AvgIpc) is 2.40. The predicted octanol–water partition coefficient (Wildman–Crippen LogP) is -2.90. The van der Waals surface area contributed by atoms with Gasteiger partial charge in [0.25, 0.3) is 10.1 Å². The fourth-order valence-corrected chi connectivity index (χ4v) is 2.28. The minimum absolute atomic E-state index is 0. The first-order valence-corrected chi connectivity index (χ1v) is 8.80. The molecule has 0 amide bonds. The van der Waals surface area contributed by atoms with E-state index in [1.807, 2.05) is 0 Å². The van der Waals surface area contributed by atoms with Gasteiger partial charge in [-0.1, -0.05) is 40.0 Å². The van der Waals surface area contributed by atoms with Gasteiger partial charge in [-0.3, -0.25) is 4.55 Å². The van der Waals surface area contributed by atoms with Crippen LogP contribution in [0.3, 0.4) is 0 Å². The number of carboxylic acids is 2. The number of rotatable bonds is 10. The van der Waals surface area contributed by atoms with E-state index in [1.54, 1.807) is 5.92 Å². The summed E-state index contributed by atoms with van der Waals surface area (Å²) in [5, 5.41) is 17.3. The molecule has 23 heavy (non-hydrogen) atoms. The van der Waals surface area contributed by atoms with Crippen molar-refractivity contribution < 1.29 is 62.3 Å². The second kappa shape index (κ2) is 15.4. The molecule has 1 unspecified atom stereocenters. The first-order chi connectivity index (χ1) is 10.1. The molecule has 0 aliphatic carbocycles. The minimum Gasteiger partial charge on any atom is -0.550 e. The zero-order chi connectivity index (χ0) is 17.8. The Hall–Kier alpha value is -0.150. The summed E-state index contributed by atoms with van der Waals surface area (Å²) in [6.45, 7) is 6.80. The molecule has 0 aromatic carbocycles. The Labute approximate surface area is 160 Å². The van der Waals surface area contributed by atoms with Gasteiger partial charge in [0.1, 0.15) is 5.25 Å². The van der Waals surface area contributed by atoms with Gasteiger partial charge in [0.05, 0.1) is 5.97 Å². The summed E-state index contributed by atoms with van der Waals surface area (Å²) in [4.78, 5) is 19.7. The van der Waals surface area contributed by atoms with Crippen molar-refractivity contribution in [2.24, 2.45) is 0 Å². The first kappa shape index (κ1) is 27.7. The SMILES string of the molecule is CCCCC[C-](CC)CC.O=C([O-])CC(C(=O)[O-])S(=O)(=O)O.[Na+]. The Morgan fingerprint density at radius 1 is 1.09 bits per heavy atom. The van der Waals surface area contributed by atoms with E-state index in [0.29, 0.717) is 0 Å². The molecule has 0 aromatic rings. The third kappa shape index (κ3) is 16.5. The number of unbranched alkanes of at least 4 members (excludes halogenated alkanes) is 2.